The Morgan fingerprint density at radius 1 is 1.43 bits per heavy atom. The number of likely N-dealkylation sites (N-methyl/N-ethyl adjacent to an activating group) is 1. The topological polar surface area (TPSA) is 80.6 Å². The molecule has 3 heterocycles. The molecule has 1 aromatic rings. The van der Waals surface area contributed by atoms with E-state index in [1.54, 1.807) is 11.9 Å². The molecule has 2 aliphatic heterocycles. The summed E-state index contributed by atoms with van der Waals surface area (Å²) in [7, 11) is 1.75. The van der Waals surface area contributed by atoms with Gasteiger partial charge in [0.05, 0.1) is 6.54 Å². The average Bonchev–Trinajstić information content (AvgIpc) is 2.97. The quantitative estimate of drug-likeness (QED) is 0.773. The zero-order valence-corrected chi connectivity index (χ0v) is 12.1. The van der Waals surface area contributed by atoms with E-state index in [2.05, 4.69) is 10.1 Å². The molecule has 0 saturated carbocycles. The predicted molar refractivity (Wildman–Crippen MR) is 72.3 cm³/mol. The Hall–Kier alpha value is -2.12. The third-order valence-corrected chi connectivity index (χ3v) is 4.16. The van der Waals surface area contributed by atoms with Crippen molar-refractivity contribution in [2.75, 3.05) is 26.7 Å². The summed E-state index contributed by atoms with van der Waals surface area (Å²) >= 11 is 0. The molecule has 1 aromatic heterocycles. The standard InChI is InChI=1S/C13H19N5O3/c1-16-8-13(21-12(16)20)3-2-5-17(6-4-13)11(19)7-18-10-14-9-15-18/h9-10H,2-8H2,1H3/t13-/m0/s1. The first-order chi connectivity index (χ1) is 10.1. The lowest BCUT2D eigenvalue weighted by atomic mass is 9.95. The van der Waals surface area contributed by atoms with Gasteiger partial charge in [-0.25, -0.2) is 14.5 Å². The maximum atomic E-state index is 12.3. The van der Waals surface area contributed by atoms with Crippen LogP contribution in [0.3, 0.4) is 0 Å². The fraction of sp³-hybridized carbons (Fsp3) is 0.692. The lowest BCUT2D eigenvalue weighted by Gasteiger charge is -2.25. The minimum absolute atomic E-state index is 0.0234. The molecule has 2 amide bonds. The second-order valence-corrected chi connectivity index (χ2v) is 5.73. The molecule has 2 saturated heterocycles. The molecule has 2 fully saturated rings. The maximum Gasteiger partial charge on any atom is 0.410 e. The first-order valence-corrected chi connectivity index (χ1v) is 7.12. The Balaban J connectivity index is 1.61. The number of ether oxygens (including phenoxy) is 1. The maximum absolute atomic E-state index is 12.3. The second kappa shape index (κ2) is 5.34. The molecule has 1 atom stereocenters. The van der Waals surface area contributed by atoms with Crippen molar-refractivity contribution in [1.82, 2.24) is 24.6 Å². The summed E-state index contributed by atoms with van der Waals surface area (Å²) in [4.78, 5) is 31.1. The van der Waals surface area contributed by atoms with Crippen molar-refractivity contribution in [2.45, 2.75) is 31.4 Å². The van der Waals surface area contributed by atoms with Crippen molar-refractivity contribution >= 4 is 12.0 Å². The number of carbonyl (C=O) groups excluding carboxylic acids is 2. The number of hydrogen-bond donors (Lipinski definition) is 0. The van der Waals surface area contributed by atoms with Gasteiger partial charge in [0.15, 0.2) is 0 Å². The summed E-state index contributed by atoms with van der Waals surface area (Å²) in [5.41, 5.74) is -0.423. The summed E-state index contributed by atoms with van der Waals surface area (Å²) in [6.45, 7) is 2.11. The van der Waals surface area contributed by atoms with Crippen LogP contribution in [-0.2, 0) is 16.1 Å². The summed E-state index contributed by atoms with van der Waals surface area (Å²) < 4.78 is 7.06. The van der Waals surface area contributed by atoms with E-state index in [-0.39, 0.29) is 18.5 Å². The molecule has 0 aliphatic carbocycles. The van der Waals surface area contributed by atoms with E-state index in [4.69, 9.17) is 4.74 Å². The van der Waals surface area contributed by atoms with Gasteiger partial charge < -0.3 is 14.5 Å². The van der Waals surface area contributed by atoms with Crippen molar-refractivity contribution in [3.8, 4) is 0 Å². The fourth-order valence-electron chi connectivity index (χ4n) is 3.02. The highest BCUT2D eigenvalue weighted by Gasteiger charge is 2.44. The Kier molecular flexibility index (Phi) is 3.52. The third-order valence-electron chi connectivity index (χ3n) is 4.16. The molecule has 0 unspecified atom stereocenters. The fourth-order valence-corrected chi connectivity index (χ4v) is 3.02. The molecule has 114 valence electrons. The number of rotatable bonds is 2. The summed E-state index contributed by atoms with van der Waals surface area (Å²) in [6.07, 6.45) is 5.01. The monoisotopic (exact) mass is 293 g/mol. The Bertz CT molecular complexity index is 532. The van der Waals surface area contributed by atoms with Gasteiger partial charge in [0.2, 0.25) is 5.91 Å². The van der Waals surface area contributed by atoms with E-state index in [0.29, 0.717) is 26.1 Å². The van der Waals surface area contributed by atoms with E-state index in [9.17, 15) is 9.59 Å². The van der Waals surface area contributed by atoms with Crippen molar-refractivity contribution in [1.29, 1.82) is 0 Å². The SMILES string of the molecule is CN1C[C@@]2(CCCN(C(=O)Cn3cncn3)CC2)OC1=O. The lowest BCUT2D eigenvalue weighted by molar-refractivity contribution is -0.132. The van der Waals surface area contributed by atoms with E-state index in [1.807, 2.05) is 4.90 Å². The van der Waals surface area contributed by atoms with E-state index < -0.39 is 5.60 Å². The van der Waals surface area contributed by atoms with Gasteiger partial charge in [-0.05, 0) is 12.8 Å². The van der Waals surface area contributed by atoms with Crippen LogP contribution in [0.2, 0.25) is 0 Å². The number of carbonyl (C=O) groups is 2. The van der Waals surface area contributed by atoms with Crippen LogP contribution in [0, 0.1) is 0 Å². The minimum Gasteiger partial charge on any atom is -0.441 e. The number of likely N-dealkylation sites (tertiary alicyclic amines) is 1. The molecule has 0 radical (unpaired) electrons. The largest absolute Gasteiger partial charge is 0.441 e. The third kappa shape index (κ3) is 2.84. The van der Waals surface area contributed by atoms with Crippen LogP contribution < -0.4 is 0 Å². The van der Waals surface area contributed by atoms with Crippen LogP contribution in [0.5, 0.6) is 0 Å². The van der Waals surface area contributed by atoms with E-state index in [1.165, 1.54) is 17.3 Å². The van der Waals surface area contributed by atoms with Crippen LogP contribution in [0.4, 0.5) is 4.79 Å². The molecular weight excluding hydrogens is 274 g/mol. The van der Waals surface area contributed by atoms with Crippen molar-refractivity contribution < 1.29 is 14.3 Å². The first-order valence-electron chi connectivity index (χ1n) is 7.12. The number of aromatic nitrogens is 3. The second-order valence-electron chi connectivity index (χ2n) is 5.73. The predicted octanol–water partition coefficient (Wildman–Crippen LogP) is 0.111. The van der Waals surface area contributed by atoms with Crippen LogP contribution >= 0.6 is 0 Å². The molecule has 0 aromatic carbocycles. The first kappa shape index (κ1) is 13.8. The zero-order valence-electron chi connectivity index (χ0n) is 12.1. The Morgan fingerprint density at radius 3 is 2.95 bits per heavy atom. The van der Waals surface area contributed by atoms with E-state index >= 15 is 0 Å². The molecule has 21 heavy (non-hydrogen) atoms. The highest BCUT2D eigenvalue weighted by atomic mass is 16.6. The Morgan fingerprint density at radius 2 is 2.29 bits per heavy atom. The minimum atomic E-state index is -0.423. The van der Waals surface area contributed by atoms with Crippen LogP contribution in [0.15, 0.2) is 12.7 Å². The highest BCUT2D eigenvalue weighted by molar-refractivity contribution is 5.76. The Labute approximate surface area is 122 Å². The molecule has 3 rings (SSSR count). The van der Waals surface area contributed by atoms with Crippen LogP contribution in [0.1, 0.15) is 19.3 Å². The average molecular weight is 293 g/mol. The molecule has 0 bridgehead atoms. The van der Waals surface area contributed by atoms with Crippen LogP contribution in [-0.4, -0.2) is 68.8 Å². The van der Waals surface area contributed by atoms with Gasteiger partial charge >= 0.3 is 6.09 Å². The lowest BCUT2D eigenvalue weighted by Crippen LogP contribution is -2.38. The zero-order chi connectivity index (χ0) is 14.9. The van der Waals surface area contributed by atoms with Gasteiger partial charge in [-0.1, -0.05) is 0 Å². The molecule has 0 N–H and O–H groups in total. The molecule has 8 heteroatoms. The van der Waals surface area contributed by atoms with Gasteiger partial charge in [-0.3, -0.25) is 4.79 Å². The van der Waals surface area contributed by atoms with Crippen molar-refractivity contribution in [3.05, 3.63) is 12.7 Å². The van der Waals surface area contributed by atoms with Gasteiger partial charge in [-0.15, -0.1) is 0 Å². The summed E-state index contributed by atoms with van der Waals surface area (Å²) in [5.74, 6) is 0.0234. The molecule has 8 nitrogen and oxygen atoms in total. The smallest absolute Gasteiger partial charge is 0.410 e. The summed E-state index contributed by atoms with van der Waals surface area (Å²) in [6, 6.07) is 0. The van der Waals surface area contributed by atoms with Gasteiger partial charge in [0, 0.05) is 26.6 Å². The van der Waals surface area contributed by atoms with Crippen LogP contribution in [0.25, 0.3) is 0 Å². The number of hydrogen-bond acceptors (Lipinski definition) is 5. The van der Waals surface area contributed by atoms with Crippen molar-refractivity contribution in [2.24, 2.45) is 0 Å². The molecule has 1 spiro atoms. The number of amides is 2. The summed E-state index contributed by atoms with van der Waals surface area (Å²) in [5, 5.41) is 3.95. The molecular formula is C13H19N5O3. The van der Waals surface area contributed by atoms with E-state index in [0.717, 1.165) is 12.8 Å². The molecule has 2 aliphatic rings. The van der Waals surface area contributed by atoms with Gasteiger partial charge in [-0.2, -0.15) is 5.10 Å². The normalized spacial score (nSPS) is 26.0. The van der Waals surface area contributed by atoms with Gasteiger partial charge in [0.25, 0.3) is 0 Å². The number of nitrogens with zero attached hydrogens (tertiary/aromatic N) is 5. The van der Waals surface area contributed by atoms with Gasteiger partial charge in [0.1, 0.15) is 24.8 Å². The van der Waals surface area contributed by atoms with Crippen molar-refractivity contribution in [3.63, 3.8) is 0 Å². The highest BCUT2D eigenvalue weighted by Crippen LogP contribution is 2.32.